The van der Waals surface area contributed by atoms with Gasteiger partial charge in [0.15, 0.2) is 0 Å². The first-order chi connectivity index (χ1) is 5.83. The maximum atomic E-state index is 4.12. The van der Waals surface area contributed by atoms with Crippen LogP contribution >= 0.6 is 11.8 Å². The van der Waals surface area contributed by atoms with Gasteiger partial charge >= 0.3 is 0 Å². The second-order valence-corrected chi connectivity index (χ2v) is 3.59. The van der Waals surface area contributed by atoms with Gasteiger partial charge in [-0.2, -0.15) is 11.8 Å². The highest BCUT2D eigenvalue weighted by molar-refractivity contribution is 7.98. The molecule has 1 rings (SSSR count). The van der Waals surface area contributed by atoms with Gasteiger partial charge in [-0.3, -0.25) is 4.98 Å². The highest BCUT2D eigenvalue weighted by atomic mass is 32.2. The molecule has 0 aliphatic carbocycles. The van der Waals surface area contributed by atoms with Gasteiger partial charge < -0.3 is 5.32 Å². The Kier molecular flexibility index (Phi) is 3.94. The second kappa shape index (κ2) is 5.04. The quantitative estimate of drug-likeness (QED) is 0.722. The number of anilines is 1. The highest BCUT2D eigenvalue weighted by Crippen LogP contribution is 2.06. The summed E-state index contributed by atoms with van der Waals surface area (Å²) in [6.07, 6.45) is 3.94. The standard InChI is InChI=1S/C9H14N2S/c1-8-7-9(3-4-10-8)11-5-6-12-2/h3-4,7H,5-6H2,1-2H3,(H,10,11). The molecule has 3 heteroatoms. The smallest absolute Gasteiger partial charge is 0.0393 e. The molecule has 1 aromatic rings. The largest absolute Gasteiger partial charge is 0.384 e. The number of nitrogens with one attached hydrogen (secondary N) is 1. The molecule has 0 unspecified atom stereocenters. The van der Waals surface area contributed by atoms with Crippen molar-refractivity contribution >= 4 is 17.4 Å². The van der Waals surface area contributed by atoms with Crippen molar-refractivity contribution in [3.8, 4) is 0 Å². The number of aromatic nitrogens is 1. The molecular weight excluding hydrogens is 168 g/mol. The predicted octanol–water partition coefficient (Wildman–Crippen LogP) is 2.16. The molecule has 0 bridgehead atoms. The van der Waals surface area contributed by atoms with Crippen LogP contribution in [0.2, 0.25) is 0 Å². The minimum absolute atomic E-state index is 1.02. The van der Waals surface area contributed by atoms with Crippen molar-refractivity contribution in [1.29, 1.82) is 0 Å². The van der Waals surface area contributed by atoms with Crippen LogP contribution in [-0.4, -0.2) is 23.5 Å². The summed E-state index contributed by atoms with van der Waals surface area (Å²) in [5, 5.41) is 3.33. The van der Waals surface area contributed by atoms with Gasteiger partial charge in [-0.1, -0.05) is 0 Å². The Hall–Kier alpha value is -0.700. The van der Waals surface area contributed by atoms with Crippen molar-refractivity contribution in [1.82, 2.24) is 4.98 Å². The third-order valence-electron chi connectivity index (χ3n) is 1.53. The van der Waals surface area contributed by atoms with Crippen LogP contribution < -0.4 is 5.32 Å². The third kappa shape index (κ3) is 3.13. The van der Waals surface area contributed by atoms with E-state index in [1.54, 1.807) is 0 Å². The zero-order chi connectivity index (χ0) is 8.81. The molecule has 0 spiro atoms. The molecule has 1 heterocycles. The minimum Gasteiger partial charge on any atom is -0.384 e. The van der Waals surface area contributed by atoms with Crippen LogP contribution in [0.25, 0.3) is 0 Å². The van der Waals surface area contributed by atoms with Gasteiger partial charge in [0, 0.05) is 29.9 Å². The molecule has 0 saturated carbocycles. The van der Waals surface area contributed by atoms with Crippen LogP contribution in [0.5, 0.6) is 0 Å². The minimum atomic E-state index is 1.02. The van der Waals surface area contributed by atoms with Crippen LogP contribution in [0.1, 0.15) is 5.69 Å². The summed E-state index contributed by atoms with van der Waals surface area (Å²) in [4.78, 5) is 4.12. The van der Waals surface area contributed by atoms with Gasteiger partial charge in [-0.15, -0.1) is 0 Å². The lowest BCUT2D eigenvalue weighted by Gasteiger charge is -2.04. The summed E-state index contributed by atoms with van der Waals surface area (Å²) in [5.74, 6) is 1.14. The van der Waals surface area contributed by atoms with Gasteiger partial charge in [0.2, 0.25) is 0 Å². The van der Waals surface area contributed by atoms with E-state index in [-0.39, 0.29) is 0 Å². The number of hydrogen-bond donors (Lipinski definition) is 1. The van der Waals surface area contributed by atoms with E-state index in [4.69, 9.17) is 0 Å². The lowest BCUT2D eigenvalue weighted by Crippen LogP contribution is -2.03. The molecule has 0 atom stereocenters. The Bertz CT molecular complexity index is 238. The molecule has 0 aliphatic heterocycles. The normalized spacial score (nSPS) is 9.83. The maximum absolute atomic E-state index is 4.12. The molecule has 1 aromatic heterocycles. The van der Waals surface area contributed by atoms with Gasteiger partial charge in [-0.25, -0.2) is 0 Å². The maximum Gasteiger partial charge on any atom is 0.0393 e. The molecule has 66 valence electrons. The fourth-order valence-electron chi connectivity index (χ4n) is 0.953. The van der Waals surface area contributed by atoms with E-state index in [1.165, 1.54) is 0 Å². The number of hydrogen-bond acceptors (Lipinski definition) is 3. The lowest BCUT2D eigenvalue weighted by molar-refractivity contribution is 1.17. The van der Waals surface area contributed by atoms with E-state index < -0.39 is 0 Å². The summed E-state index contributed by atoms with van der Waals surface area (Å²) < 4.78 is 0. The predicted molar refractivity (Wildman–Crippen MR) is 55.8 cm³/mol. The Balaban J connectivity index is 2.41. The summed E-state index contributed by atoms with van der Waals surface area (Å²) >= 11 is 1.85. The Morgan fingerprint density at radius 3 is 3.08 bits per heavy atom. The summed E-state index contributed by atoms with van der Waals surface area (Å²) in [7, 11) is 0. The second-order valence-electron chi connectivity index (χ2n) is 2.61. The number of pyridine rings is 1. The van der Waals surface area contributed by atoms with E-state index in [1.807, 2.05) is 30.9 Å². The summed E-state index contributed by atoms with van der Waals surface area (Å²) in [6.45, 7) is 3.02. The first kappa shape index (κ1) is 9.39. The van der Waals surface area contributed by atoms with Gasteiger partial charge in [-0.05, 0) is 25.3 Å². The molecule has 1 N–H and O–H groups in total. The Morgan fingerprint density at radius 1 is 1.58 bits per heavy atom. The number of rotatable bonds is 4. The van der Waals surface area contributed by atoms with Gasteiger partial charge in [0.1, 0.15) is 0 Å². The monoisotopic (exact) mass is 182 g/mol. The van der Waals surface area contributed by atoms with Crippen LogP contribution in [0, 0.1) is 6.92 Å². The van der Waals surface area contributed by atoms with E-state index in [2.05, 4.69) is 22.6 Å². The molecule has 0 radical (unpaired) electrons. The molecule has 0 aromatic carbocycles. The zero-order valence-electron chi connectivity index (χ0n) is 7.50. The molecule has 12 heavy (non-hydrogen) atoms. The molecule has 0 saturated heterocycles. The van der Waals surface area contributed by atoms with Gasteiger partial charge in [0.05, 0.1) is 0 Å². The van der Waals surface area contributed by atoms with Crippen molar-refractivity contribution in [3.05, 3.63) is 24.0 Å². The van der Waals surface area contributed by atoms with E-state index in [9.17, 15) is 0 Å². The molecule has 0 aliphatic rings. The fourth-order valence-corrected chi connectivity index (χ4v) is 1.26. The Labute approximate surface area is 77.8 Å². The van der Waals surface area contributed by atoms with Crippen LogP contribution in [-0.2, 0) is 0 Å². The fraction of sp³-hybridized carbons (Fsp3) is 0.444. The van der Waals surface area contributed by atoms with E-state index >= 15 is 0 Å². The first-order valence-corrected chi connectivity index (χ1v) is 5.38. The van der Waals surface area contributed by atoms with Crippen molar-refractivity contribution < 1.29 is 0 Å². The third-order valence-corrected chi connectivity index (χ3v) is 2.14. The highest BCUT2D eigenvalue weighted by Gasteiger charge is 1.90. The van der Waals surface area contributed by atoms with E-state index in [0.29, 0.717) is 0 Å². The van der Waals surface area contributed by atoms with Crippen LogP contribution in [0.15, 0.2) is 18.3 Å². The summed E-state index contributed by atoms with van der Waals surface area (Å²) in [5.41, 5.74) is 2.22. The van der Waals surface area contributed by atoms with Crippen molar-refractivity contribution in [2.45, 2.75) is 6.92 Å². The lowest BCUT2D eigenvalue weighted by atomic mass is 10.3. The molecule has 0 fully saturated rings. The number of aryl methyl sites for hydroxylation is 1. The molecule has 0 amide bonds. The average molecular weight is 182 g/mol. The molecule has 2 nitrogen and oxygen atoms in total. The summed E-state index contributed by atoms with van der Waals surface area (Å²) in [6, 6.07) is 4.05. The van der Waals surface area contributed by atoms with E-state index in [0.717, 1.165) is 23.7 Å². The Morgan fingerprint density at radius 2 is 2.42 bits per heavy atom. The average Bonchev–Trinajstić information content (AvgIpc) is 2.05. The zero-order valence-corrected chi connectivity index (χ0v) is 8.32. The SMILES string of the molecule is CSCCNc1ccnc(C)c1. The van der Waals surface area contributed by atoms with Crippen molar-refractivity contribution in [3.63, 3.8) is 0 Å². The van der Waals surface area contributed by atoms with Gasteiger partial charge in [0.25, 0.3) is 0 Å². The van der Waals surface area contributed by atoms with Crippen molar-refractivity contribution in [2.75, 3.05) is 23.9 Å². The first-order valence-electron chi connectivity index (χ1n) is 3.98. The topological polar surface area (TPSA) is 24.9 Å². The van der Waals surface area contributed by atoms with Crippen LogP contribution in [0.3, 0.4) is 0 Å². The van der Waals surface area contributed by atoms with Crippen molar-refractivity contribution in [2.24, 2.45) is 0 Å². The number of nitrogens with zero attached hydrogens (tertiary/aromatic N) is 1. The van der Waals surface area contributed by atoms with Crippen LogP contribution in [0.4, 0.5) is 5.69 Å². The molecular formula is C9H14N2S. The number of thioether (sulfide) groups is 1.